The van der Waals surface area contributed by atoms with Crippen molar-refractivity contribution in [1.82, 2.24) is 10.6 Å². The van der Waals surface area contributed by atoms with Gasteiger partial charge in [0.1, 0.15) is 0 Å². The Morgan fingerprint density at radius 1 is 1.53 bits per heavy atom. The van der Waals surface area contributed by atoms with Gasteiger partial charge in [-0.15, -0.1) is 0 Å². The van der Waals surface area contributed by atoms with Gasteiger partial charge in [0.25, 0.3) is 0 Å². The average molecular weight is 212 g/mol. The normalized spacial score (nSPS) is 18.1. The number of nitrogens with one attached hydrogen (secondary N) is 2. The summed E-state index contributed by atoms with van der Waals surface area (Å²) < 4.78 is 0. The van der Waals surface area contributed by atoms with Crippen LogP contribution in [0.3, 0.4) is 0 Å². The first-order valence-electron chi connectivity index (χ1n) is 5.24. The van der Waals surface area contributed by atoms with Crippen LogP contribution >= 0.6 is 0 Å². The van der Waals surface area contributed by atoms with Crippen LogP contribution in [-0.2, 0) is 4.79 Å². The molecule has 1 atom stereocenters. The first-order valence-corrected chi connectivity index (χ1v) is 5.24. The Hall–Kier alpha value is -0.870. The van der Waals surface area contributed by atoms with E-state index in [0.717, 1.165) is 24.2 Å². The predicted octanol–water partition coefficient (Wildman–Crippen LogP) is 0.182. The Morgan fingerprint density at radius 3 is 2.40 bits per heavy atom. The lowest BCUT2D eigenvalue weighted by atomic mass is 9.97. The molecule has 86 valence electrons. The van der Waals surface area contributed by atoms with Gasteiger partial charge in [0, 0.05) is 18.7 Å². The van der Waals surface area contributed by atoms with Crippen molar-refractivity contribution in [3.05, 3.63) is 11.1 Å². The molecule has 0 aromatic carbocycles. The van der Waals surface area contributed by atoms with E-state index in [9.17, 15) is 9.90 Å². The fourth-order valence-corrected chi connectivity index (χ4v) is 1.17. The van der Waals surface area contributed by atoms with Gasteiger partial charge >= 0.3 is 0 Å². The maximum absolute atomic E-state index is 11.8. The summed E-state index contributed by atoms with van der Waals surface area (Å²) in [4.78, 5) is 11.8. The van der Waals surface area contributed by atoms with Crippen molar-refractivity contribution in [2.75, 3.05) is 13.1 Å². The van der Waals surface area contributed by atoms with Gasteiger partial charge in [-0.25, -0.2) is 0 Å². The molecule has 0 aromatic heterocycles. The largest absolute Gasteiger partial charge is 0.391 e. The highest BCUT2D eigenvalue weighted by Gasteiger charge is 2.27. The summed E-state index contributed by atoms with van der Waals surface area (Å²) >= 11 is 0. The van der Waals surface area contributed by atoms with E-state index >= 15 is 0 Å². The monoisotopic (exact) mass is 212 g/mol. The lowest BCUT2D eigenvalue weighted by Crippen LogP contribution is -2.52. The second kappa shape index (κ2) is 4.33. The highest BCUT2D eigenvalue weighted by Crippen LogP contribution is 2.13. The summed E-state index contributed by atoms with van der Waals surface area (Å²) in [7, 11) is 0. The van der Waals surface area contributed by atoms with Crippen molar-refractivity contribution >= 4 is 5.91 Å². The van der Waals surface area contributed by atoms with Crippen LogP contribution in [0.4, 0.5) is 0 Å². The number of carbonyl (C=O) groups excluding carboxylic acids is 1. The van der Waals surface area contributed by atoms with Gasteiger partial charge < -0.3 is 15.7 Å². The Balaban J connectivity index is 2.63. The van der Waals surface area contributed by atoms with Crippen LogP contribution in [0.25, 0.3) is 0 Å². The molecule has 0 aliphatic carbocycles. The van der Waals surface area contributed by atoms with Gasteiger partial charge in [0.2, 0.25) is 5.91 Å². The molecule has 3 N–H and O–H groups in total. The Morgan fingerprint density at radius 2 is 2.07 bits per heavy atom. The third-order valence-corrected chi connectivity index (χ3v) is 3.03. The molecule has 4 heteroatoms. The van der Waals surface area contributed by atoms with Gasteiger partial charge in [0.05, 0.1) is 11.6 Å². The van der Waals surface area contributed by atoms with Gasteiger partial charge in [-0.1, -0.05) is 0 Å². The molecule has 0 saturated carbocycles. The first-order chi connectivity index (χ1) is 6.84. The van der Waals surface area contributed by atoms with Crippen molar-refractivity contribution < 1.29 is 9.90 Å². The molecule has 1 heterocycles. The number of carbonyl (C=O) groups is 1. The van der Waals surface area contributed by atoms with Gasteiger partial charge in [0.15, 0.2) is 0 Å². The summed E-state index contributed by atoms with van der Waals surface area (Å²) in [5.74, 6) is -0.0857. The van der Waals surface area contributed by atoms with Crippen LogP contribution < -0.4 is 10.6 Å². The molecule has 1 unspecified atom stereocenters. The summed E-state index contributed by atoms with van der Waals surface area (Å²) in [6, 6.07) is 0. The highest BCUT2D eigenvalue weighted by atomic mass is 16.3. The van der Waals surface area contributed by atoms with Gasteiger partial charge in [-0.2, -0.15) is 0 Å². The molecule has 0 bridgehead atoms. The van der Waals surface area contributed by atoms with E-state index in [2.05, 4.69) is 10.6 Å². The summed E-state index contributed by atoms with van der Waals surface area (Å²) in [6.45, 7) is 8.72. The minimum Gasteiger partial charge on any atom is -0.391 e. The number of hydrogen-bond acceptors (Lipinski definition) is 3. The maximum Gasteiger partial charge on any atom is 0.247 e. The van der Waals surface area contributed by atoms with E-state index in [1.54, 1.807) is 6.92 Å². The fraction of sp³-hybridized carbons (Fsp3) is 0.727. The molecule has 1 aliphatic heterocycles. The zero-order valence-electron chi connectivity index (χ0n) is 9.85. The van der Waals surface area contributed by atoms with Crippen LogP contribution in [0.1, 0.15) is 27.7 Å². The maximum atomic E-state index is 11.8. The van der Waals surface area contributed by atoms with E-state index in [1.165, 1.54) is 0 Å². The summed E-state index contributed by atoms with van der Waals surface area (Å²) in [5.41, 5.74) is 1.33. The standard InChI is InChI=1S/C11H20N2O2/c1-7(9-5-12-6-9)10(15)13-11(3,4)8(2)14/h8,12,14H,5-6H2,1-4H3,(H,13,15). The third-order valence-electron chi connectivity index (χ3n) is 3.03. The molecular weight excluding hydrogens is 192 g/mol. The van der Waals surface area contributed by atoms with Crippen LogP contribution in [-0.4, -0.2) is 35.7 Å². The van der Waals surface area contributed by atoms with Crippen molar-refractivity contribution in [3.8, 4) is 0 Å². The second-order valence-electron chi connectivity index (χ2n) is 4.68. The molecule has 0 aromatic rings. The number of hydrogen-bond donors (Lipinski definition) is 3. The van der Waals surface area contributed by atoms with Gasteiger partial charge in [-0.05, 0) is 33.3 Å². The smallest absolute Gasteiger partial charge is 0.247 e. The van der Waals surface area contributed by atoms with E-state index in [1.807, 2.05) is 20.8 Å². The Labute approximate surface area is 90.7 Å². The van der Waals surface area contributed by atoms with E-state index in [-0.39, 0.29) is 5.91 Å². The minimum atomic E-state index is -0.587. The van der Waals surface area contributed by atoms with Crippen LogP contribution in [0.2, 0.25) is 0 Å². The average Bonchev–Trinajstić information content (AvgIpc) is 1.99. The zero-order chi connectivity index (χ0) is 11.6. The topological polar surface area (TPSA) is 61.4 Å². The Bertz CT molecular complexity index is 287. The van der Waals surface area contributed by atoms with Gasteiger partial charge in [-0.3, -0.25) is 4.79 Å². The summed E-state index contributed by atoms with van der Waals surface area (Å²) in [6.07, 6.45) is -0.571. The van der Waals surface area contributed by atoms with E-state index < -0.39 is 11.6 Å². The number of rotatable bonds is 3. The van der Waals surface area contributed by atoms with E-state index in [0.29, 0.717) is 0 Å². The molecule has 0 spiro atoms. The molecule has 1 rings (SSSR count). The Kier molecular flexibility index (Phi) is 3.52. The van der Waals surface area contributed by atoms with Crippen LogP contribution in [0, 0.1) is 0 Å². The van der Waals surface area contributed by atoms with Crippen LogP contribution in [0.5, 0.6) is 0 Å². The van der Waals surface area contributed by atoms with E-state index in [4.69, 9.17) is 0 Å². The molecular formula is C11H20N2O2. The van der Waals surface area contributed by atoms with Crippen molar-refractivity contribution in [2.24, 2.45) is 0 Å². The second-order valence-corrected chi connectivity index (χ2v) is 4.68. The number of aliphatic hydroxyl groups is 1. The SMILES string of the molecule is CC(C(=O)NC(C)(C)C(C)O)=C1CNC1. The van der Waals surface area contributed by atoms with Crippen molar-refractivity contribution in [1.29, 1.82) is 0 Å². The summed E-state index contributed by atoms with van der Waals surface area (Å²) in [5, 5.41) is 15.4. The lowest BCUT2D eigenvalue weighted by molar-refractivity contribution is -0.120. The molecule has 15 heavy (non-hydrogen) atoms. The molecule has 1 aliphatic rings. The van der Waals surface area contributed by atoms with Crippen molar-refractivity contribution in [2.45, 2.75) is 39.3 Å². The third kappa shape index (κ3) is 2.79. The molecule has 1 fully saturated rings. The minimum absolute atomic E-state index is 0.0857. The quantitative estimate of drug-likeness (QED) is 0.585. The fourth-order valence-electron chi connectivity index (χ4n) is 1.17. The number of amides is 1. The molecule has 1 saturated heterocycles. The zero-order valence-corrected chi connectivity index (χ0v) is 9.85. The first kappa shape index (κ1) is 12.2. The lowest BCUT2D eigenvalue weighted by Gasteiger charge is -2.30. The molecule has 0 radical (unpaired) electrons. The van der Waals surface area contributed by atoms with Crippen LogP contribution in [0.15, 0.2) is 11.1 Å². The molecule has 1 amide bonds. The number of aliphatic hydroxyl groups excluding tert-OH is 1. The predicted molar refractivity (Wildman–Crippen MR) is 59.5 cm³/mol. The van der Waals surface area contributed by atoms with Crippen molar-refractivity contribution in [3.63, 3.8) is 0 Å². The highest BCUT2D eigenvalue weighted by molar-refractivity contribution is 5.94. The molecule has 4 nitrogen and oxygen atoms in total.